The molecule has 38 heavy (non-hydrogen) atoms. The summed E-state index contributed by atoms with van der Waals surface area (Å²) in [6.07, 6.45) is 0.720. The maximum absolute atomic E-state index is 15.0. The molecule has 2 N–H and O–H groups in total. The van der Waals surface area contributed by atoms with Gasteiger partial charge in [-0.25, -0.2) is 8.78 Å². The van der Waals surface area contributed by atoms with Gasteiger partial charge in [-0.1, -0.05) is 53.5 Å². The average Bonchev–Trinajstić information content (AvgIpc) is 2.89. The molecule has 3 aromatic rings. The van der Waals surface area contributed by atoms with E-state index in [2.05, 4.69) is 16.7 Å². The number of nitriles is 1. The molecule has 0 spiro atoms. The molecule has 4 rings (SSSR count). The SMILES string of the molecule is C[C@@](NC(=O)c1ccc(-c2ccccc2Cl)cc1Cl)(C(=O)NC1(C#N)CCSCC1)c1c(F)cccc1F. The quantitative estimate of drug-likeness (QED) is 0.353. The highest BCUT2D eigenvalue weighted by atomic mass is 35.5. The molecule has 1 atom stereocenters. The van der Waals surface area contributed by atoms with Crippen molar-refractivity contribution in [1.82, 2.24) is 10.6 Å². The van der Waals surface area contributed by atoms with Crippen LogP contribution in [-0.2, 0) is 10.3 Å². The van der Waals surface area contributed by atoms with Gasteiger partial charge in [0.1, 0.15) is 22.7 Å². The minimum atomic E-state index is -2.20. The van der Waals surface area contributed by atoms with Crippen LogP contribution in [0.15, 0.2) is 60.7 Å². The number of thioether (sulfide) groups is 1. The van der Waals surface area contributed by atoms with Crippen molar-refractivity contribution in [3.63, 3.8) is 0 Å². The Kier molecular flexibility index (Phi) is 8.31. The van der Waals surface area contributed by atoms with Gasteiger partial charge < -0.3 is 10.6 Å². The third-order valence-electron chi connectivity index (χ3n) is 6.59. The molecule has 0 aliphatic carbocycles. The third-order valence-corrected chi connectivity index (χ3v) is 8.22. The lowest BCUT2D eigenvalue weighted by Gasteiger charge is -2.37. The standard InChI is InChI=1S/C28H23Cl2F2N3O2S/c1-27(24-22(31)7-4-8-23(24)32,26(37)35-28(16-33)11-13-38-14-12-28)34-25(36)19-10-9-17(15-21(19)30)18-5-2-3-6-20(18)29/h2-10,15H,11-14H2,1H3,(H,34,36)(H,35,37)/t27-/m0/s1. The van der Waals surface area contributed by atoms with Gasteiger partial charge in [0.2, 0.25) is 0 Å². The first-order chi connectivity index (χ1) is 18.1. The van der Waals surface area contributed by atoms with Gasteiger partial charge in [-0.05, 0) is 67.2 Å². The number of carbonyl (C=O) groups excluding carboxylic acids is 2. The smallest absolute Gasteiger partial charge is 0.253 e. The first-order valence-electron chi connectivity index (χ1n) is 11.7. The summed E-state index contributed by atoms with van der Waals surface area (Å²) in [6.45, 7) is 1.20. The average molecular weight is 574 g/mol. The molecular formula is C28H23Cl2F2N3O2S. The summed E-state index contributed by atoms with van der Waals surface area (Å²) in [7, 11) is 0. The van der Waals surface area contributed by atoms with Crippen LogP contribution >= 0.6 is 35.0 Å². The molecule has 0 saturated carbocycles. The van der Waals surface area contributed by atoms with Crippen LogP contribution in [-0.4, -0.2) is 28.9 Å². The predicted octanol–water partition coefficient (Wildman–Crippen LogP) is 6.49. The molecule has 1 saturated heterocycles. The maximum Gasteiger partial charge on any atom is 0.253 e. The summed E-state index contributed by atoms with van der Waals surface area (Å²) in [4.78, 5) is 27.1. The Labute approximate surface area is 233 Å². The number of hydrogen-bond donors (Lipinski definition) is 2. The topological polar surface area (TPSA) is 82.0 Å². The van der Waals surface area contributed by atoms with E-state index in [0.717, 1.165) is 18.2 Å². The molecule has 0 unspecified atom stereocenters. The van der Waals surface area contributed by atoms with Crippen LogP contribution in [0.1, 0.15) is 35.7 Å². The van der Waals surface area contributed by atoms with Gasteiger partial charge in [-0.15, -0.1) is 0 Å². The van der Waals surface area contributed by atoms with Crippen molar-refractivity contribution in [3.8, 4) is 17.2 Å². The van der Waals surface area contributed by atoms with E-state index in [-0.39, 0.29) is 10.6 Å². The molecule has 1 heterocycles. The zero-order valence-electron chi connectivity index (χ0n) is 20.3. The molecule has 2 amide bonds. The van der Waals surface area contributed by atoms with E-state index in [9.17, 15) is 23.6 Å². The number of nitrogens with zero attached hydrogens (tertiary/aromatic N) is 1. The highest BCUT2D eigenvalue weighted by molar-refractivity contribution is 7.99. The van der Waals surface area contributed by atoms with Crippen LogP contribution in [0, 0.1) is 23.0 Å². The lowest BCUT2D eigenvalue weighted by atomic mass is 9.86. The number of hydrogen-bond acceptors (Lipinski definition) is 4. The van der Waals surface area contributed by atoms with E-state index >= 15 is 0 Å². The number of nitrogens with one attached hydrogen (secondary N) is 2. The van der Waals surface area contributed by atoms with E-state index in [1.165, 1.54) is 13.0 Å². The lowest BCUT2D eigenvalue weighted by molar-refractivity contribution is -0.128. The summed E-state index contributed by atoms with van der Waals surface area (Å²) < 4.78 is 30.0. The number of carbonyl (C=O) groups is 2. The number of amides is 2. The zero-order valence-corrected chi connectivity index (χ0v) is 22.6. The molecule has 0 bridgehead atoms. The Morgan fingerprint density at radius 3 is 2.26 bits per heavy atom. The Hall–Kier alpha value is -3.12. The minimum absolute atomic E-state index is 0.0118. The molecule has 1 aliphatic heterocycles. The van der Waals surface area contributed by atoms with Crippen molar-refractivity contribution >= 4 is 46.8 Å². The Bertz CT molecular complexity index is 1420. The fourth-order valence-electron chi connectivity index (χ4n) is 4.39. The second kappa shape index (κ2) is 11.3. The molecule has 1 aliphatic rings. The van der Waals surface area contributed by atoms with E-state index in [1.807, 2.05) is 6.07 Å². The van der Waals surface area contributed by atoms with Gasteiger partial charge in [-0.2, -0.15) is 17.0 Å². The molecule has 3 aromatic carbocycles. The highest BCUT2D eigenvalue weighted by Gasteiger charge is 2.45. The second-order valence-electron chi connectivity index (χ2n) is 9.11. The molecule has 196 valence electrons. The number of benzene rings is 3. The van der Waals surface area contributed by atoms with Crippen LogP contribution < -0.4 is 10.6 Å². The fraction of sp³-hybridized carbons (Fsp3) is 0.250. The van der Waals surface area contributed by atoms with Gasteiger partial charge >= 0.3 is 0 Å². The molecule has 10 heteroatoms. The van der Waals surface area contributed by atoms with Crippen LogP contribution in [0.2, 0.25) is 10.0 Å². The van der Waals surface area contributed by atoms with E-state index in [1.54, 1.807) is 42.1 Å². The van der Waals surface area contributed by atoms with E-state index < -0.39 is 40.1 Å². The van der Waals surface area contributed by atoms with Crippen LogP contribution in [0.3, 0.4) is 0 Å². The normalized spacial score (nSPS) is 16.1. The van der Waals surface area contributed by atoms with Gasteiger partial charge in [0.25, 0.3) is 11.8 Å². The van der Waals surface area contributed by atoms with E-state index in [0.29, 0.717) is 40.5 Å². The summed E-state index contributed by atoms with van der Waals surface area (Å²) >= 11 is 14.4. The van der Waals surface area contributed by atoms with Crippen molar-refractivity contribution in [2.45, 2.75) is 30.8 Å². The molecule has 5 nitrogen and oxygen atoms in total. The molecule has 1 fully saturated rings. The van der Waals surface area contributed by atoms with Gasteiger partial charge in [0.05, 0.1) is 22.2 Å². The van der Waals surface area contributed by atoms with Crippen molar-refractivity contribution < 1.29 is 18.4 Å². The zero-order chi connectivity index (χ0) is 27.5. The van der Waals surface area contributed by atoms with Crippen molar-refractivity contribution in [3.05, 3.63) is 93.5 Å². The van der Waals surface area contributed by atoms with Crippen LogP contribution in [0.4, 0.5) is 8.78 Å². The Balaban J connectivity index is 1.71. The van der Waals surface area contributed by atoms with Crippen LogP contribution in [0.5, 0.6) is 0 Å². The number of rotatable bonds is 6. The fourth-order valence-corrected chi connectivity index (χ4v) is 6.09. The van der Waals surface area contributed by atoms with E-state index in [4.69, 9.17) is 23.2 Å². The first kappa shape index (κ1) is 27.9. The summed E-state index contributed by atoms with van der Waals surface area (Å²) in [5, 5.41) is 15.5. The minimum Gasteiger partial charge on any atom is -0.335 e. The summed E-state index contributed by atoms with van der Waals surface area (Å²) in [5.41, 5.74) is -2.72. The first-order valence-corrected chi connectivity index (χ1v) is 13.6. The molecule has 0 radical (unpaired) electrons. The molecule has 0 aromatic heterocycles. The van der Waals surface area contributed by atoms with Crippen molar-refractivity contribution in [1.29, 1.82) is 5.26 Å². The lowest BCUT2D eigenvalue weighted by Crippen LogP contribution is -2.61. The Morgan fingerprint density at radius 2 is 1.66 bits per heavy atom. The largest absolute Gasteiger partial charge is 0.335 e. The third kappa shape index (κ3) is 5.51. The van der Waals surface area contributed by atoms with Crippen molar-refractivity contribution in [2.24, 2.45) is 0 Å². The predicted molar refractivity (Wildman–Crippen MR) is 146 cm³/mol. The summed E-state index contributed by atoms with van der Waals surface area (Å²) in [6, 6.07) is 17.0. The number of halogens is 4. The van der Waals surface area contributed by atoms with Gasteiger partial charge in [0.15, 0.2) is 0 Å². The maximum atomic E-state index is 15.0. The molecular weight excluding hydrogens is 551 g/mol. The second-order valence-corrected chi connectivity index (χ2v) is 11.1. The van der Waals surface area contributed by atoms with Crippen molar-refractivity contribution in [2.75, 3.05) is 11.5 Å². The monoisotopic (exact) mass is 573 g/mol. The van der Waals surface area contributed by atoms with Gasteiger partial charge in [-0.3, -0.25) is 9.59 Å². The Morgan fingerprint density at radius 1 is 1.00 bits per heavy atom. The highest BCUT2D eigenvalue weighted by Crippen LogP contribution is 2.34. The summed E-state index contributed by atoms with van der Waals surface area (Å²) in [5.74, 6) is -2.50. The van der Waals surface area contributed by atoms with Gasteiger partial charge in [0, 0.05) is 10.6 Å². The van der Waals surface area contributed by atoms with Crippen LogP contribution in [0.25, 0.3) is 11.1 Å².